The Kier molecular flexibility index (Phi) is 9.09. The first-order valence-corrected chi connectivity index (χ1v) is 9.29. The van der Waals surface area contributed by atoms with Crippen LogP contribution in [0.1, 0.15) is 36.8 Å². The van der Waals surface area contributed by atoms with Gasteiger partial charge in [0.1, 0.15) is 5.75 Å². The summed E-state index contributed by atoms with van der Waals surface area (Å²) in [4.78, 5) is 0. The fraction of sp³-hybridized carbons (Fsp3) is 0.455. The standard InChI is InChI=1S/C22H30O3/c23-15-13-20(14-16-24)9-5-17-25-22-10-4-8-21(18-22)12-11-19-6-2-1-3-7-19/h1-4,6-8,10,18,20,23-24H,5,9,11-17H2. The Morgan fingerprint density at radius 2 is 1.44 bits per heavy atom. The monoisotopic (exact) mass is 342 g/mol. The Labute approximate surface area is 151 Å². The summed E-state index contributed by atoms with van der Waals surface area (Å²) >= 11 is 0. The zero-order valence-corrected chi connectivity index (χ0v) is 14.9. The van der Waals surface area contributed by atoms with Gasteiger partial charge in [0, 0.05) is 13.2 Å². The molecule has 25 heavy (non-hydrogen) atoms. The lowest BCUT2D eigenvalue weighted by Crippen LogP contribution is -2.08. The van der Waals surface area contributed by atoms with Crippen LogP contribution in [0.3, 0.4) is 0 Å². The van der Waals surface area contributed by atoms with E-state index in [1.54, 1.807) is 0 Å². The quantitative estimate of drug-likeness (QED) is 0.573. The molecular formula is C22H30O3. The van der Waals surface area contributed by atoms with E-state index in [1.807, 2.05) is 12.1 Å². The van der Waals surface area contributed by atoms with Crippen LogP contribution in [0.15, 0.2) is 54.6 Å². The molecule has 2 aromatic rings. The van der Waals surface area contributed by atoms with Crippen LogP contribution >= 0.6 is 0 Å². The van der Waals surface area contributed by atoms with Crippen LogP contribution in [0.2, 0.25) is 0 Å². The normalized spacial score (nSPS) is 11.0. The molecule has 3 heteroatoms. The van der Waals surface area contributed by atoms with Gasteiger partial charge in [-0.15, -0.1) is 0 Å². The van der Waals surface area contributed by atoms with Crippen LogP contribution in [0.25, 0.3) is 0 Å². The molecule has 3 nitrogen and oxygen atoms in total. The molecule has 0 radical (unpaired) electrons. The van der Waals surface area contributed by atoms with Gasteiger partial charge in [-0.25, -0.2) is 0 Å². The van der Waals surface area contributed by atoms with Gasteiger partial charge in [0.05, 0.1) is 6.61 Å². The molecule has 136 valence electrons. The third kappa shape index (κ3) is 7.72. The van der Waals surface area contributed by atoms with Crippen molar-refractivity contribution >= 4 is 0 Å². The van der Waals surface area contributed by atoms with Crippen LogP contribution in [-0.2, 0) is 12.8 Å². The van der Waals surface area contributed by atoms with Gasteiger partial charge in [0.15, 0.2) is 0 Å². The number of aryl methyl sites for hydroxylation is 2. The molecule has 2 rings (SSSR count). The highest BCUT2D eigenvalue weighted by molar-refractivity contribution is 5.29. The van der Waals surface area contributed by atoms with Gasteiger partial charge in [0.25, 0.3) is 0 Å². The number of hydrogen-bond donors (Lipinski definition) is 2. The molecule has 0 aliphatic rings. The fourth-order valence-electron chi connectivity index (χ4n) is 3.08. The zero-order valence-electron chi connectivity index (χ0n) is 14.9. The molecule has 0 amide bonds. The van der Waals surface area contributed by atoms with E-state index in [2.05, 4.69) is 42.5 Å². The third-order valence-electron chi connectivity index (χ3n) is 4.54. The van der Waals surface area contributed by atoms with E-state index in [9.17, 15) is 0 Å². The topological polar surface area (TPSA) is 49.7 Å². The van der Waals surface area contributed by atoms with Crippen LogP contribution in [-0.4, -0.2) is 30.0 Å². The van der Waals surface area contributed by atoms with E-state index in [-0.39, 0.29) is 13.2 Å². The molecule has 0 saturated heterocycles. The lowest BCUT2D eigenvalue weighted by Gasteiger charge is -2.14. The molecule has 0 unspecified atom stereocenters. The Morgan fingerprint density at radius 1 is 0.760 bits per heavy atom. The van der Waals surface area contributed by atoms with Crippen molar-refractivity contribution in [1.29, 1.82) is 0 Å². The highest BCUT2D eigenvalue weighted by atomic mass is 16.5. The van der Waals surface area contributed by atoms with Crippen molar-refractivity contribution in [1.82, 2.24) is 0 Å². The number of aliphatic hydroxyl groups excluding tert-OH is 2. The summed E-state index contributed by atoms with van der Waals surface area (Å²) in [5.74, 6) is 1.31. The average molecular weight is 342 g/mol. The Morgan fingerprint density at radius 3 is 2.16 bits per heavy atom. The zero-order chi connectivity index (χ0) is 17.7. The minimum Gasteiger partial charge on any atom is -0.494 e. The fourth-order valence-corrected chi connectivity index (χ4v) is 3.08. The molecule has 0 spiro atoms. The number of aliphatic hydroxyl groups is 2. The smallest absolute Gasteiger partial charge is 0.119 e. The number of benzene rings is 2. The molecule has 0 aromatic heterocycles. The first-order valence-electron chi connectivity index (χ1n) is 9.29. The molecule has 2 aromatic carbocycles. The van der Waals surface area contributed by atoms with Crippen molar-refractivity contribution < 1.29 is 14.9 Å². The Hall–Kier alpha value is -1.84. The second-order valence-corrected chi connectivity index (χ2v) is 6.51. The van der Waals surface area contributed by atoms with Gasteiger partial charge in [-0.05, 0) is 67.7 Å². The summed E-state index contributed by atoms with van der Waals surface area (Å²) < 4.78 is 5.88. The highest BCUT2D eigenvalue weighted by Gasteiger charge is 2.07. The maximum Gasteiger partial charge on any atom is 0.119 e. The van der Waals surface area contributed by atoms with Gasteiger partial charge >= 0.3 is 0 Å². The lowest BCUT2D eigenvalue weighted by atomic mass is 9.97. The highest BCUT2D eigenvalue weighted by Crippen LogP contribution is 2.18. The van der Waals surface area contributed by atoms with Crippen LogP contribution < -0.4 is 4.74 Å². The minimum atomic E-state index is 0.189. The van der Waals surface area contributed by atoms with Gasteiger partial charge in [-0.1, -0.05) is 42.5 Å². The molecule has 2 N–H and O–H groups in total. The summed E-state index contributed by atoms with van der Waals surface area (Å²) in [5.41, 5.74) is 2.65. The SMILES string of the molecule is OCCC(CCO)CCCOc1cccc(CCc2ccccc2)c1. The van der Waals surface area contributed by atoms with Gasteiger partial charge in [-0.3, -0.25) is 0 Å². The molecule has 0 fully saturated rings. The van der Waals surface area contributed by atoms with Crippen LogP contribution in [0.4, 0.5) is 0 Å². The molecule has 0 heterocycles. The number of hydrogen-bond acceptors (Lipinski definition) is 3. The summed E-state index contributed by atoms with van der Waals surface area (Å²) in [5, 5.41) is 18.1. The van der Waals surface area contributed by atoms with Crippen LogP contribution in [0.5, 0.6) is 5.75 Å². The molecule has 0 aliphatic carbocycles. The van der Waals surface area contributed by atoms with Crippen LogP contribution in [0, 0.1) is 5.92 Å². The van der Waals surface area contributed by atoms with Crippen molar-refractivity contribution in [3.63, 3.8) is 0 Å². The largest absolute Gasteiger partial charge is 0.494 e. The maximum absolute atomic E-state index is 9.05. The Balaban J connectivity index is 1.73. The van der Waals surface area contributed by atoms with Crippen molar-refractivity contribution in [3.05, 3.63) is 65.7 Å². The molecule has 0 aliphatic heterocycles. The predicted molar refractivity (Wildman–Crippen MR) is 102 cm³/mol. The first kappa shape index (κ1) is 19.5. The van der Waals surface area contributed by atoms with Gasteiger partial charge < -0.3 is 14.9 Å². The lowest BCUT2D eigenvalue weighted by molar-refractivity contribution is 0.200. The average Bonchev–Trinajstić information content (AvgIpc) is 2.65. The van der Waals surface area contributed by atoms with Crippen molar-refractivity contribution in [2.24, 2.45) is 5.92 Å². The number of ether oxygens (including phenoxy) is 1. The van der Waals surface area contributed by atoms with Crippen molar-refractivity contribution in [2.75, 3.05) is 19.8 Å². The number of rotatable bonds is 12. The second kappa shape index (κ2) is 11.7. The van der Waals surface area contributed by atoms with E-state index in [4.69, 9.17) is 14.9 Å². The van der Waals surface area contributed by atoms with E-state index >= 15 is 0 Å². The predicted octanol–water partition coefficient (Wildman–Crippen LogP) is 4.01. The van der Waals surface area contributed by atoms with Crippen molar-refractivity contribution in [3.8, 4) is 5.75 Å². The maximum atomic E-state index is 9.05. The minimum absolute atomic E-state index is 0.189. The molecule has 0 atom stereocenters. The van der Waals surface area contributed by atoms with E-state index < -0.39 is 0 Å². The summed E-state index contributed by atoms with van der Waals surface area (Å²) in [6.45, 7) is 1.06. The summed E-state index contributed by atoms with van der Waals surface area (Å²) in [6.07, 6.45) is 5.49. The molecule has 0 bridgehead atoms. The van der Waals surface area contributed by atoms with Crippen molar-refractivity contribution in [2.45, 2.75) is 38.5 Å². The summed E-state index contributed by atoms with van der Waals surface area (Å²) in [7, 11) is 0. The first-order chi connectivity index (χ1) is 12.3. The van der Waals surface area contributed by atoms with E-state index in [0.717, 1.165) is 44.3 Å². The third-order valence-corrected chi connectivity index (χ3v) is 4.54. The Bertz CT molecular complexity index is 577. The van der Waals surface area contributed by atoms with Gasteiger partial charge in [-0.2, -0.15) is 0 Å². The summed E-state index contributed by atoms with van der Waals surface area (Å²) in [6, 6.07) is 18.9. The molecular weight excluding hydrogens is 312 g/mol. The van der Waals surface area contributed by atoms with Gasteiger partial charge in [0.2, 0.25) is 0 Å². The molecule has 0 saturated carbocycles. The van der Waals surface area contributed by atoms with E-state index in [1.165, 1.54) is 11.1 Å². The second-order valence-electron chi connectivity index (χ2n) is 6.51. The van der Waals surface area contributed by atoms with E-state index in [0.29, 0.717) is 12.5 Å².